The summed E-state index contributed by atoms with van der Waals surface area (Å²) >= 11 is 9.34. The first-order chi connectivity index (χ1) is 9.47. The van der Waals surface area contributed by atoms with Crippen molar-refractivity contribution in [2.24, 2.45) is 0 Å². The summed E-state index contributed by atoms with van der Waals surface area (Å²) in [7, 11) is 0. The van der Waals surface area contributed by atoms with E-state index in [0.29, 0.717) is 22.0 Å². The average molecular weight is 363 g/mol. The van der Waals surface area contributed by atoms with E-state index in [2.05, 4.69) is 28.2 Å². The van der Waals surface area contributed by atoms with Crippen LogP contribution in [0, 0.1) is 5.82 Å². The smallest absolute Gasteiger partial charge is 0.153 e. The zero-order valence-electron chi connectivity index (χ0n) is 11.8. The third-order valence-electron chi connectivity index (χ3n) is 3.21. The monoisotopic (exact) mass is 361 g/mol. The molecule has 0 aliphatic rings. The fourth-order valence-corrected chi connectivity index (χ4v) is 3.20. The van der Waals surface area contributed by atoms with E-state index in [1.165, 1.54) is 6.07 Å². The van der Waals surface area contributed by atoms with Gasteiger partial charge in [-0.3, -0.25) is 0 Å². The van der Waals surface area contributed by atoms with Gasteiger partial charge in [-0.05, 0) is 40.9 Å². The maximum absolute atomic E-state index is 14.4. The van der Waals surface area contributed by atoms with Gasteiger partial charge in [-0.25, -0.2) is 4.39 Å². The molecule has 1 aromatic heterocycles. The molecule has 110 valence electrons. The molecule has 0 amide bonds. The van der Waals surface area contributed by atoms with Gasteiger partial charge in [0.2, 0.25) is 0 Å². The highest BCUT2D eigenvalue weighted by atomic mass is 79.9. The zero-order valence-corrected chi connectivity index (χ0v) is 14.2. The van der Waals surface area contributed by atoms with Crippen molar-refractivity contribution < 1.29 is 8.81 Å². The summed E-state index contributed by atoms with van der Waals surface area (Å²) in [4.78, 5) is 0. The van der Waals surface area contributed by atoms with E-state index < -0.39 is 5.82 Å². The van der Waals surface area contributed by atoms with Crippen molar-refractivity contribution in [2.45, 2.75) is 39.7 Å². The molecule has 0 aliphatic carbocycles. The number of hydrogen-bond acceptors (Lipinski definition) is 2. The molecule has 2 aromatic rings. The number of furan rings is 1. The van der Waals surface area contributed by atoms with Gasteiger partial charge in [-0.15, -0.1) is 0 Å². The molecule has 0 radical (unpaired) electrons. The summed E-state index contributed by atoms with van der Waals surface area (Å²) < 4.78 is 20.9. The van der Waals surface area contributed by atoms with Crippen LogP contribution in [0.3, 0.4) is 0 Å². The number of hydrogen-bond donors (Lipinski definition) is 1. The first kappa shape index (κ1) is 15.8. The van der Waals surface area contributed by atoms with E-state index in [9.17, 15) is 4.39 Å². The standard InChI is InChI=1S/C15H18BrClFNO/c1-4-5-19-7-11-12(8(2)3)13-14(18)10(17)6-9(16)15(13)20-11/h6,8,19H,4-5,7H2,1-3H3. The van der Waals surface area contributed by atoms with Crippen LogP contribution >= 0.6 is 27.5 Å². The Morgan fingerprint density at radius 2 is 2.15 bits per heavy atom. The molecule has 0 atom stereocenters. The van der Waals surface area contributed by atoms with E-state index in [1.54, 1.807) is 0 Å². The van der Waals surface area contributed by atoms with Gasteiger partial charge in [0, 0.05) is 5.56 Å². The van der Waals surface area contributed by atoms with E-state index in [4.69, 9.17) is 16.0 Å². The summed E-state index contributed by atoms with van der Waals surface area (Å²) in [6.07, 6.45) is 1.04. The maximum Gasteiger partial charge on any atom is 0.153 e. The average Bonchev–Trinajstić information content (AvgIpc) is 2.76. The molecule has 2 nitrogen and oxygen atoms in total. The summed E-state index contributed by atoms with van der Waals surface area (Å²) in [5.74, 6) is 0.541. The Morgan fingerprint density at radius 3 is 2.75 bits per heavy atom. The van der Waals surface area contributed by atoms with Crippen LogP contribution in [0.4, 0.5) is 4.39 Å². The lowest BCUT2D eigenvalue weighted by Gasteiger charge is -2.08. The van der Waals surface area contributed by atoms with Crippen LogP contribution in [0.25, 0.3) is 11.0 Å². The predicted octanol–water partition coefficient (Wildman–Crippen LogP) is 5.61. The number of benzene rings is 1. The van der Waals surface area contributed by atoms with Gasteiger partial charge in [0.15, 0.2) is 11.4 Å². The maximum atomic E-state index is 14.4. The normalized spacial score (nSPS) is 11.8. The van der Waals surface area contributed by atoms with Crippen LogP contribution in [0.15, 0.2) is 15.0 Å². The highest BCUT2D eigenvalue weighted by molar-refractivity contribution is 9.10. The molecule has 1 heterocycles. The van der Waals surface area contributed by atoms with Crippen LogP contribution in [0.5, 0.6) is 0 Å². The third kappa shape index (κ3) is 2.87. The van der Waals surface area contributed by atoms with Crippen LogP contribution < -0.4 is 5.32 Å². The third-order valence-corrected chi connectivity index (χ3v) is 4.08. The molecule has 0 aliphatic heterocycles. The van der Waals surface area contributed by atoms with Gasteiger partial charge >= 0.3 is 0 Å². The number of fused-ring (bicyclic) bond motifs is 1. The number of nitrogens with one attached hydrogen (secondary N) is 1. The molecule has 0 unspecified atom stereocenters. The van der Waals surface area contributed by atoms with E-state index in [0.717, 1.165) is 24.3 Å². The fraction of sp³-hybridized carbons (Fsp3) is 0.467. The summed E-state index contributed by atoms with van der Waals surface area (Å²) in [6.45, 7) is 7.66. The predicted molar refractivity (Wildman–Crippen MR) is 85.0 cm³/mol. The zero-order chi connectivity index (χ0) is 14.9. The molecule has 0 fully saturated rings. The molecular weight excluding hydrogens is 345 g/mol. The minimum Gasteiger partial charge on any atom is -0.458 e. The van der Waals surface area contributed by atoms with E-state index in [1.807, 2.05) is 13.8 Å². The van der Waals surface area contributed by atoms with Crippen LogP contribution in [0.1, 0.15) is 44.4 Å². The molecule has 5 heteroatoms. The highest BCUT2D eigenvalue weighted by Gasteiger charge is 2.23. The van der Waals surface area contributed by atoms with Crippen LogP contribution in [0.2, 0.25) is 5.02 Å². The van der Waals surface area contributed by atoms with E-state index >= 15 is 0 Å². The second-order valence-electron chi connectivity index (χ2n) is 5.13. The lowest BCUT2D eigenvalue weighted by atomic mass is 9.99. The quantitative estimate of drug-likeness (QED) is 0.552. The molecule has 1 N–H and O–H groups in total. The first-order valence-electron chi connectivity index (χ1n) is 6.76. The number of halogens is 3. The van der Waals surface area contributed by atoms with Crippen molar-refractivity contribution in [3.63, 3.8) is 0 Å². The molecule has 0 spiro atoms. The van der Waals surface area contributed by atoms with E-state index in [-0.39, 0.29) is 10.9 Å². The van der Waals surface area contributed by atoms with Crippen LogP contribution in [-0.4, -0.2) is 6.54 Å². The van der Waals surface area contributed by atoms with Gasteiger partial charge in [0.25, 0.3) is 0 Å². The number of rotatable bonds is 5. The lowest BCUT2D eigenvalue weighted by molar-refractivity contribution is 0.503. The minimum atomic E-state index is -0.404. The molecular formula is C15H18BrClFNO. The van der Waals surface area contributed by atoms with Gasteiger partial charge in [-0.2, -0.15) is 0 Å². The molecule has 20 heavy (non-hydrogen) atoms. The topological polar surface area (TPSA) is 25.2 Å². The molecule has 0 bridgehead atoms. The summed E-state index contributed by atoms with van der Waals surface area (Å²) in [5, 5.41) is 3.90. The summed E-state index contributed by atoms with van der Waals surface area (Å²) in [6, 6.07) is 1.54. The first-order valence-corrected chi connectivity index (χ1v) is 7.93. The van der Waals surface area contributed by atoms with Crippen molar-refractivity contribution in [1.82, 2.24) is 5.32 Å². The second kappa shape index (κ2) is 6.46. The molecule has 1 aromatic carbocycles. The van der Waals surface area contributed by atoms with Crippen molar-refractivity contribution in [2.75, 3.05) is 6.54 Å². The Kier molecular flexibility index (Phi) is 5.10. The van der Waals surface area contributed by atoms with Gasteiger partial charge in [-0.1, -0.05) is 32.4 Å². The van der Waals surface area contributed by atoms with Crippen molar-refractivity contribution in [1.29, 1.82) is 0 Å². The Balaban J connectivity index is 2.61. The van der Waals surface area contributed by atoms with Crippen molar-refractivity contribution in [3.05, 3.63) is 32.7 Å². The Labute approximate surface area is 131 Å². The van der Waals surface area contributed by atoms with Gasteiger partial charge in [0.1, 0.15) is 5.76 Å². The largest absolute Gasteiger partial charge is 0.458 e. The second-order valence-corrected chi connectivity index (χ2v) is 6.39. The highest BCUT2D eigenvalue weighted by Crippen LogP contribution is 2.40. The Hall–Kier alpha value is -0.580. The Morgan fingerprint density at radius 1 is 1.45 bits per heavy atom. The Bertz CT molecular complexity index is 624. The van der Waals surface area contributed by atoms with Gasteiger partial charge < -0.3 is 9.73 Å². The SMILES string of the molecule is CCCNCc1oc2c(Br)cc(Cl)c(F)c2c1C(C)C. The molecule has 2 rings (SSSR count). The van der Waals surface area contributed by atoms with Crippen LogP contribution in [-0.2, 0) is 6.54 Å². The molecule has 0 saturated carbocycles. The van der Waals surface area contributed by atoms with Gasteiger partial charge in [0.05, 0.1) is 21.4 Å². The lowest BCUT2D eigenvalue weighted by Crippen LogP contribution is -2.14. The minimum absolute atomic E-state index is 0.111. The summed E-state index contributed by atoms with van der Waals surface area (Å²) in [5.41, 5.74) is 1.42. The molecule has 0 saturated heterocycles. The van der Waals surface area contributed by atoms with Crippen molar-refractivity contribution >= 4 is 38.5 Å². The van der Waals surface area contributed by atoms with Crippen molar-refractivity contribution in [3.8, 4) is 0 Å². The fourth-order valence-electron chi connectivity index (χ4n) is 2.36.